The van der Waals surface area contributed by atoms with E-state index in [0.717, 1.165) is 35.4 Å². The van der Waals surface area contributed by atoms with Gasteiger partial charge in [-0.1, -0.05) is 29.0 Å². The van der Waals surface area contributed by atoms with Crippen LogP contribution in [0.1, 0.15) is 15.9 Å². The number of amides is 1. The van der Waals surface area contributed by atoms with E-state index in [1.54, 1.807) is 37.3 Å². The van der Waals surface area contributed by atoms with Crippen molar-refractivity contribution < 1.29 is 19.0 Å². The molecule has 0 aliphatic carbocycles. The van der Waals surface area contributed by atoms with Gasteiger partial charge in [0.05, 0.1) is 42.7 Å². The van der Waals surface area contributed by atoms with Gasteiger partial charge in [0.25, 0.3) is 5.91 Å². The molecule has 7 nitrogen and oxygen atoms in total. The highest BCUT2D eigenvalue weighted by Crippen LogP contribution is 2.36. The van der Waals surface area contributed by atoms with Gasteiger partial charge in [-0.3, -0.25) is 14.6 Å². The molecule has 3 aromatic rings. The molecule has 0 N–H and O–H groups in total. The van der Waals surface area contributed by atoms with Crippen molar-refractivity contribution in [2.75, 3.05) is 58.5 Å². The first-order valence-corrected chi connectivity index (χ1v) is 11.6. The molecule has 1 aliphatic rings. The number of fused-ring (bicyclic) bond motifs is 1. The number of anilines is 1. The van der Waals surface area contributed by atoms with E-state index in [0.29, 0.717) is 47.0 Å². The lowest BCUT2D eigenvalue weighted by Crippen LogP contribution is -2.43. The highest BCUT2D eigenvalue weighted by molar-refractivity contribution is 7.23. The maximum atomic E-state index is 13.7. The van der Waals surface area contributed by atoms with E-state index in [1.807, 2.05) is 19.1 Å². The number of carbonyl (C=O) groups excluding carboxylic acids is 1. The van der Waals surface area contributed by atoms with E-state index >= 15 is 0 Å². The summed E-state index contributed by atoms with van der Waals surface area (Å²) in [7, 11) is 3.13. The monoisotopic (exact) mass is 475 g/mol. The number of rotatable bonds is 7. The number of methoxy groups -OCH3 is 2. The Hall–Kier alpha value is -2.39. The van der Waals surface area contributed by atoms with Crippen molar-refractivity contribution >= 4 is 44.2 Å². The highest BCUT2D eigenvalue weighted by atomic mass is 35.5. The summed E-state index contributed by atoms with van der Waals surface area (Å²) < 4.78 is 17.1. The third-order valence-corrected chi connectivity index (χ3v) is 7.04. The quantitative estimate of drug-likeness (QED) is 0.509. The molecule has 170 valence electrons. The fraction of sp³-hybridized carbons (Fsp3) is 0.391. The predicted molar refractivity (Wildman–Crippen MR) is 128 cm³/mol. The molecule has 2 heterocycles. The van der Waals surface area contributed by atoms with Gasteiger partial charge in [-0.15, -0.1) is 0 Å². The molecule has 1 aromatic heterocycles. The number of nitrogens with zero attached hydrogens (tertiary/aromatic N) is 3. The van der Waals surface area contributed by atoms with Gasteiger partial charge >= 0.3 is 0 Å². The first-order chi connectivity index (χ1) is 15.5. The lowest BCUT2D eigenvalue weighted by Gasteiger charge is -2.29. The van der Waals surface area contributed by atoms with E-state index in [4.69, 9.17) is 30.8 Å². The summed E-state index contributed by atoms with van der Waals surface area (Å²) in [5, 5.41) is 1.26. The summed E-state index contributed by atoms with van der Waals surface area (Å²) in [6, 6.07) is 9.00. The Morgan fingerprint density at radius 3 is 2.50 bits per heavy atom. The predicted octanol–water partition coefficient (Wildman–Crippen LogP) is 4.25. The lowest BCUT2D eigenvalue weighted by molar-refractivity contribution is 0.0391. The molecule has 32 heavy (non-hydrogen) atoms. The summed E-state index contributed by atoms with van der Waals surface area (Å²) in [5.74, 6) is 0.955. The van der Waals surface area contributed by atoms with Gasteiger partial charge in [0.15, 0.2) is 5.13 Å². The number of carbonyl (C=O) groups is 1. The van der Waals surface area contributed by atoms with Crippen molar-refractivity contribution in [3.8, 4) is 11.5 Å². The van der Waals surface area contributed by atoms with Crippen LogP contribution in [-0.4, -0.2) is 69.4 Å². The third-order valence-electron chi connectivity index (χ3n) is 5.50. The average Bonchev–Trinajstić information content (AvgIpc) is 3.28. The number of ether oxygens (including phenoxy) is 3. The normalized spacial score (nSPS) is 14.5. The first-order valence-electron chi connectivity index (χ1n) is 10.4. The van der Waals surface area contributed by atoms with Crippen molar-refractivity contribution in [1.29, 1.82) is 0 Å². The van der Waals surface area contributed by atoms with Crippen LogP contribution in [0.25, 0.3) is 10.2 Å². The SMILES string of the molecule is COc1cc(OC)cc(C(=O)N(CCN2CCOCC2)c2nc3c(C)ccc(Cl)c3s2)c1. The summed E-state index contributed by atoms with van der Waals surface area (Å²) in [6.45, 7) is 6.32. The Morgan fingerprint density at radius 1 is 1.19 bits per heavy atom. The Morgan fingerprint density at radius 2 is 1.88 bits per heavy atom. The van der Waals surface area contributed by atoms with Crippen LogP contribution < -0.4 is 14.4 Å². The minimum Gasteiger partial charge on any atom is -0.497 e. The summed E-state index contributed by atoms with van der Waals surface area (Å²) in [6.07, 6.45) is 0. The zero-order valence-electron chi connectivity index (χ0n) is 18.4. The largest absolute Gasteiger partial charge is 0.497 e. The molecule has 0 bridgehead atoms. The van der Waals surface area contributed by atoms with Gasteiger partial charge < -0.3 is 14.2 Å². The number of thiazole rings is 1. The molecule has 2 aromatic carbocycles. The van der Waals surface area contributed by atoms with Crippen molar-refractivity contribution in [3.63, 3.8) is 0 Å². The van der Waals surface area contributed by atoms with Gasteiger partial charge in [0, 0.05) is 37.8 Å². The molecule has 0 saturated carbocycles. The number of benzene rings is 2. The van der Waals surface area contributed by atoms with Crippen LogP contribution in [-0.2, 0) is 4.74 Å². The number of aromatic nitrogens is 1. The van der Waals surface area contributed by atoms with Gasteiger partial charge in [-0.2, -0.15) is 0 Å². The Bertz CT molecular complexity index is 1050. The zero-order chi connectivity index (χ0) is 22.7. The second-order valence-electron chi connectivity index (χ2n) is 7.55. The van der Waals surface area contributed by atoms with Gasteiger partial charge in [-0.05, 0) is 30.7 Å². The van der Waals surface area contributed by atoms with E-state index in [2.05, 4.69) is 4.90 Å². The number of halogens is 1. The maximum absolute atomic E-state index is 13.7. The number of hydrogen-bond acceptors (Lipinski definition) is 7. The van der Waals surface area contributed by atoms with Gasteiger partial charge in [0.2, 0.25) is 0 Å². The molecule has 0 radical (unpaired) electrons. The fourth-order valence-corrected chi connectivity index (χ4v) is 4.98. The van der Waals surface area contributed by atoms with Crippen molar-refractivity contribution in [1.82, 2.24) is 9.88 Å². The second kappa shape index (κ2) is 10.0. The van der Waals surface area contributed by atoms with Crippen LogP contribution in [0.3, 0.4) is 0 Å². The Balaban J connectivity index is 1.71. The van der Waals surface area contributed by atoms with Crippen LogP contribution in [0.4, 0.5) is 5.13 Å². The minimum absolute atomic E-state index is 0.164. The Kier molecular flexibility index (Phi) is 7.15. The van der Waals surface area contributed by atoms with Crippen LogP contribution in [0.15, 0.2) is 30.3 Å². The smallest absolute Gasteiger partial charge is 0.260 e. The molecule has 0 unspecified atom stereocenters. The number of morpholine rings is 1. The van der Waals surface area contributed by atoms with Gasteiger partial charge in [-0.25, -0.2) is 4.98 Å². The molecule has 1 fully saturated rings. The molecule has 1 amide bonds. The zero-order valence-corrected chi connectivity index (χ0v) is 20.0. The van der Waals surface area contributed by atoms with Crippen molar-refractivity contribution in [2.24, 2.45) is 0 Å². The third kappa shape index (κ3) is 4.83. The molecule has 9 heteroatoms. The lowest BCUT2D eigenvalue weighted by atomic mass is 10.1. The molecule has 1 aliphatic heterocycles. The fourth-order valence-electron chi connectivity index (χ4n) is 3.64. The molecule has 1 saturated heterocycles. The van der Waals surface area contributed by atoms with Gasteiger partial charge in [0.1, 0.15) is 11.5 Å². The van der Waals surface area contributed by atoms with Crippen molar-refractivity contribution in [2.45, 2.75) is 6.92 Å². The summed E-state index contributed by atoms with van der Waals surface area (Å²) in [4.78, 5) is 22.5. The highest BCUT2D eigenvalue weighted by Gasteiger charge is 2.25. The molecule has 0 atom stereocenters. The van der Waals surface area contributed by atoms with Crippen LogP contribution in [0, 0.1) is 6.92 Å². The summed E-state index contributed by atoms with van der Waals surface area (Å²) >= 11 is 7.87. The molecule has 0 spiro atoms. The molecular weight excluding hydrogens is 450 g/mol. The second-order valence-corrected chi connectivity index (χ2v) is 8.94. The van der Waals surface area contributed by atoms with Crippen LogP contribution >= 0.6 is 22.9 Å². The number of hydrogen-bond donors (Lipinski definition) is 0. The van der Waals surface area contributed by atoms with Crippen molar-refractivity contribution in [3.05, 3.63) is 46.5 Å². The van der Waals surface area contributed by atoms with E-state index in [-0.39, 0.29) is 5.91 Å². The first kappa shape index (κ1) is 22.8. The van der Waals surface area contributed by atoms with E-state index in [1.165, 1.54) is 11.3 Å². The topological polar surface area (TPSA) is 64.1 Å². The summed E-state index contributed by atoms with van der Waals surface area (Å²) in [5.41, 5.74) is 2.32. The van der Waals surface area contributed by atoms with E-state index in [9.17, 15) is 4.79 Å². The molecule has 4 rings (SSSR count). The molecular formula is C23H26ClN3O4S. The van der Waals surface area contributed by atoms with Crippen LogP contribution in [0.2, 0.25) is 5.02 Å². The Labute approximate surface area is 196 Å². The minimum atomic E-state index is -0.164. The maximum Gasteiger partial charge on any atom is 0.260 e. The van der Waals surface area contributed by atoms with E-state index < -0.39 is 0 Å². The number of aryl methyl sites for hydroxylation is 1. The average molecular weight is 476 g/mol. The standard InChI is InChI=1S/C23H26ClN3O4S/c1-15-4-5-19(24)21-20(15)25-23(32-21)27(7-6-26-8-10-31-11-9-26)22(28)16-12-17(29-2)14-18(13-16)30-3/h4-5,12-14H,6-11H2,1-3H3. The van der Waals surface area contributed by atoms with Crippen LogP contribution in [0.5, 0.6) is 11.5 Å².